The second-order valence-corrected chi connectivity index (χ2v) is 7.10. The summed E-state index contributed by atoms with van der Waals surface area (Å²) in [5, 5.41) is 1.17. The summed E-state index contributed by atoms with van der Waals surface area (Å²) >= 11 is 0. The van der Waals surface area contributed by atoms with Gasteiger partial charge in [-0.2, -0.15) is 0 Å². The van der Waals surface area contributed by atoms with Crippen molar-refractivity contribution in [2.24, 2.45) is 13.0 Å². The van der Waals surface area contributed by atoms with E-state index < -0.39 is 0 Å². The maximum Gasteiger partial charge on any atom is 0.255 e. The van der Waals surface area contributed by atoms with Crippen molar-refractivity contribution >= 4 is 16.8 Å². The van der Waals surface area contributed by atoms with Gasteiger partial charge in [0.05, 0.1) is 0 Å². The molecule has 2 bridgehead atoms. The first kappa shape index (κ1) is 12.7. The van der Waals surface area contributed by atoms with Crippen molar-refractivity contribution in [2.75, 3.05) is 19.6 Å². The van der Waals surface area contributed by atoms with Gasteiger partial charge >= 0.3 is 0 Å². The zero-order valence-electron chi connectivity index (χ0n) is 13.0. The lowest BCUT2D eigenvalue weighted by atomic mass is 9.82. The molecule has 22 heavy (non-hydrogen) atoms. The van der Waals surface area contributed by atoms with Gasteiger partial charge in [-0.1, -0.05) is 6.07 Å². The van der Waals surface area contributed by atoms with Crippen molar-refractivity contribution in [3.05, 3.63) is 35.5 Å². The van der Waals surface area contributed by atoms with Crippen LogP contribution in [0.15, 0.2) is 24.4 Å². The van der Waals surface area contributed by atoms with E-state index in [0.29, 0.717) is 12.0 Å². The van der Waals surface area contributed by atoms with Crippen molar-refractivity contribution in [3.8, 4) is 0 Å². The first-order valence-electron chi connectivity index (χ1n) is 8.32. The van der Waals surface area contributed by atoms with Crippen molar-refractivity contribution < 1.29 is 4.79 Å². The van der Waals surface area contributed by atoms with Crippen LogP contribution in [0.2, 0.25) is 0 Å². The number of nitrogens with zero attached hydrogens (tertiary/aromatic N) is 3. The molecule has 5 heterocycles. The predicted molar refractivity (Wildman–Crippen MR) is 85.7 cm³/mol. The van der Waals surface area contributed by atoms with Crippen LogP contribution in [0.4, 0.5) is 0 Å². The van der Waals surface area contributed by atoms with Crippen LogP contribution in [0.5, 0.6) is 0 Å². The molecule has 1 aromatic carbocycles. The molecule has 3 fully saturated rings. The molecule has 0 unspecified atom stereocenters. The van der Waals surface area contributed by atoms with Crippen LogP contribution in [0.1, 0.15) is 28.8 Å². The Kier molecular flexibility index (Phi) is 2.51. The van der Waals surface area contributed by atoms with Crippen LogP contribution < -0.4 is 0 Å². The smallest absolute Gasteiger partial charge is 0.255 e. The maximum atomic E-state index is 13.1. The fourth-order valence-corrected chi connectivity index (χ4v) is 4.80. The second kappa shape index (κ2) is 4.35. The third-order valence-corrected chi connectivity index (χ3v) is 5.95. The second-order valence-electron chi connectivity index (χ2n) is 7.10. The number of benzene rings is 1. The fourth-order valence-electron chi connectivity index (χ4n) is 4.80. The molecule has 0 aliphatic carbocycles. The summed E-state index contributed by atoms with van der Waals surface area (Å²) in [6.45, 7) is 4.28. The molecule has 4 aliphatic heterocycles. The number of fused-ring (bicyclic) bond motifs is 3. The molecule has 4 aliphatic rings. The highest BCUT2D eigenvalue weighted by atomic mass is 16.2. The Balaban J connectivity index is 1.59. The number of aromatic nitrogens is 1. The number of hydrogen-bond donors (Lipinski definition) is 0. The molecule has 6 rings (SSSR count). The van der Waals surface area contributed by atoms with E-state index in [2.05, 4.69) is 33.7 Å². The Hall–Kier alpha value is -1.81. The topological polar surface area (TPSA) is 28.5 Å². The standard InChI is InChI=1S/C18H21N3O/c1-19-9-13-10-21(16-11-20-7-5-12(16)6-8-20)18(22)14-3-2-4-15(19)17(13)14/h2-4,9,12,16H,5-8,10-11H2,1H3/t16-/m1/s1. The Morgan fingerprint density at radius 1 is 1.18 bits per heavy atom. The highest BCUT2D eigenvalue weighted by molar-refractivity contribution is 6.09. The number of hydrogen-bond acceptors (Lipinski definition) is 2. The van der Waals surface area contributed by atoms with Crippen molar-refractivity contribution in [1.82, 2.24) is 14.4 Å². The summed E-state index contributed by atoms with van der Waals surface area (Å²) in [6, 6.07) is 6.53. The molecule has 114 valence electrons. The Bertz CT molecular complexity index is 770. The van der Waals surface area contributed by atoms with Gasteiger partial charge in [-0.15, -0.1) is 0 Å². The van der Waals surface area contributed by atoms with Crippen molar-refractivity contribution in [1.29, 1.82) is 0 Å². The van der Waals surface area contributed by atoms with E-state index in [1.807, 2.05) is 12.1 Å². The average molecular weight is 295 g/mol. The van der Waals surface area contributed by atoms with Gasteiger partial charge in [-0.25, -0.2) is 0 Å². The minimum Gasteiger partial charge on any atom is -0.350 e. The largest absolute Gasteiger partial charge is 0.350 e. The Labute approximate surface area is 130 Å². The number of carbonyl (C=O) groups excluding carboxylic acids is 1. The minimum absolute atomic E-state index is 0.239. The number of amides is 1. The quantitative estimate of drug-likeness (QED) is 0.807. The van der Waals surface area contributed by atoms with E-state index in [-0.39, 0.29) is 5.91 Å². The SMILES string of the molecule is Cn1cc2c3c(cccc31)C(=O)N([C@@H]1CN3CCC1CC3)C2. The number of carbonyl (C=O) groups is 1. The third kappa shape index (κ3) is 1.59. The monoisotopic (exact) mass is 295 g/mol. The van der Waals surface area contributed by atoms with Crippen LogP contribution in [0.3, 0.4) is 0 Å². The molecular weight excluding hydrogens is 274 g/mol. The Morgan fingerprint density at radius 2 is 2.00 bits per heavy atom. The van der Waals surface area contributed by atoms with Gasteiger partial charge in [0, 0.05) is 48.8 Å². The van der Waals surface area contributed by atoms with Gasteiger partial charge in [0.25, 0.3) is 5.91 Å². The van der Waals surface area contributed by atoms with Crippen LogP contribution in [0, 0.1) is 5.92 Å². The first-order chi connectivity index (χ1) is 10.7. The number of piperidine rings is 3. The van der Waals surface area contributed by atoms with Crippen LogP contribution in [-0.2, 0) is 13.6 Å². The zero-order chi connectivity index (χ0) is 14.8. The van der Waals surface area contributed by atoms with E-state index in [1.54, 1.807) is 0 Å². The number of rotatable bonds is 1. The molecule has 4 heteroatoms. The molecule has 1 aromatic heterocycles. The summed E-state index contributed by atoms with van der Waals surface area (Å²) in [5.41, 5.74) is 3.38. The van der Waals surface area contributed by atoms with Crippen molar-refractivity contribution in [2.45, 2.75) is 25.4 Å². The lowest BCUT2D eigenvalue weighted by Gasteiger charge is -2.49. The fraction of sp³-hybridized carbons (Fsp3) is 0.500. The molecule has 0 radical (unpaired) electrons. The molecule has 0 N–H and O–H groups in total. The zero-order valence-corrected chi connectivity index (χ0v) is 13.0. The summed E-state index contributed by atoms with van der Waals surface area (Å²) in [5.74, 6) is 0.932. The highest BCUT2D eigenvalue weighted by Crippen LogP contribution is 2.37. The van der Waals surface area contributed by atoms with E-state index in [1.165, 1.54) is 42.4 Å². The van der Waals surface area contributed by atoms with Gasteiger partial charge in [-0.05, 0) is 49.5 Å². The van der Waals surface area contributed by atoms with Crippen LogP contribution in [-0.4, -0.2) is 46.0 Å². The van der Waals surface area contributed by atoms with Gasteiger partial charge in [0.1, 0.15) is 0 Å². The highest BCUT2D eigenvalue weighted by Gasteiger charge is 2.41. The molecular formula is C18H21N3O. The van der Waals surface area contributed by atoms with Gasteiger partial charge < -0.3 is 14.4 Å². The summed E-state index contributed by atoms with van der Waals surface area (Å²) in [7, 11) is 2.07. The molecule has 0 saturated carbocycles. The lowest BCUT2D eigenvalue weighted by molar-refractivity contribution is 0.00407. The predicted octanol–water partition coefficient (Wildman–Crippen LogP) is 2.23. The summed E-state index contributed by atoms with van der Waals surface area (Å²) < 4.78 is 2.15. The van der Waals surface area contributed by atoms with E-state index in [9.17, 15) is 4.79 Å². The van der Waals surface area contributed by atoms with Crippen LogP contribution in [0.25, 0.3) is 10.9 Å². The van der Waals surface area contributed by atoms with E-state index in [0.717, 1.165) is 18.7 Å². The third-order valence-electron chi connectivity index (χ3n) is 5.95. The van der Waals surface area contributed by atoms with Crippen LogP contribution >= 0.6 is 0 Å². The van der Waals surface area contributed by atoms with Gasteiger partial charge in [0.15, 0.2) is 0 Å². The summed E-state index contributed by atoms with van der Waals surface area (Å²) in [6.07, 6.45) is 4.70. The maximum absolute atomic E-state index is 13.1. The molecule has 1 atom stereocenters. The molecule has 2 aromatic rings. The van der Waals surface area contributed by atoms with Crippen molar-refractivity contribution in [3.63, 3.8) is 0 Å². The molecule has 3 saturated heterocycles. The van der Waals surface area contributed by atoms with Gasteiger partial charge in [-0.3, -0.25) is 4.79 Å². The average Bonchev–Trinajstić information content (AvgIpc) is 2.89. The van der Waals surface area contributed by atoms with E-state index in [4.69, 9.17) is 0 Å². The summed E-state index contributed by atoms with van der Waals surface area (Å²) in [4.78, 5) is 17.8. The molecule has 1 amide bonds. The minimum atomic E-state index is 0.239. The van der Waals surface area contributed by atoms with Gasteiger partial charge in [0.2, 0.25) is 0 Å². The Morgan fingerprint density at radius 3 is 2.73 bits per heavy atom. The normalized spacial score (nSPS) is 30.3. The molecule has 0 spiro atoms. The lowest BCUT2D eigenvalue weighted by Crippen LogP contribution is -2.58. The molecule has 4 nitrogen and oxygen atoms in total. The first-order valence-corrected chi connectivity index (χ1v) is 8.32. The van der Waals surface area contributed by atoms with E-state index >= 15 is 0 Å². The number of aryl methyl sites for hydroxylation is 1.